The van der Waals surface area contributed by atoms with Crippen molar-refractivity contribution in [2.24, 2.45) is 33.7 Å². The van der Waals surface area contributed by atoms with Gasteiger partial charge >= 0.3 is 6.09 Å². The van der Waals surface area contributed by atoms with Crippen LogP contribution in [0.15, 0.2) is 29.0 Å². The molecule has 2 spiro atoms. The van der Waals surface area contributed by atoms with E-state index < -0.39 is 52.2 Å². The fourth-order valence-electron chi connectivity index (χ4n) is 9.40. The molecule has 0 radical (unpaired) electrons. The predicted molar refractivity (Wildman–Crippen MR) is 141 cm³/mol. The van der Waals surface area contributed by atoms with E-state index in [1.165, 1.54) is 0 Å². The number of unbranched alkanes of at least 4 members (excludes halogenated alkanes) is 1. The molecule has 0 aromatic heterocycles. The second kappa shape index (κ2) is 9.97. The van der Waals surface area contributed by atoms with Crippen LogP contribution in [-0.2, 0) is 23.8 Å². The number of aliphatic hydroxyl groups excluding tert-OH is 1. The van der Waals surface area contributed by atoms with E-state index >= 15 is 8.78 Å². The molecule has 2 aliphatic heterocycles. The number of hydrogen-bond acceptors (Lipinski definition) is 8. The third-order valence-corrected chi connectivity index (χ3v) is 11.1. The van der Waals surface area contributed by atoms with Crippen LogP contribution in [0.4, 0.5) is 13.6 Å². The molecule has 0 bridgehead atoms. The fraction of sp³-hybridized carbons (Fsp3) is 0.793. The van der Waals surface area contributed by atoms with E-state index in [0.29, 0.717) is 31.5 Å². The van der Waals surface area contributed by atoms with Gasteiger partial charge < -0.3 is 39.3 Å². The van der Waals surface area contributed by atoms with E-state index in [1.54, 1.807) is 25.2 Å². The van der Waals surface area contributed by atoms with Crippen LogP contribution < -0.4 is 5.32 Å². The van der Waals surface area contributed by atoms with Gasteiger partial charge in [0, 0.05) is 23.3 Å². The summed E-state index contributed by atoms with van der Waals surface area (Å²) in [6, 6.07) is 0. The van der Waals surface area contributed by atoms with Crippen molar-refractivity contribution in [1.82, 2.24) is 5.32 Å². The number of nitrogens with zero attached hydrogens (tertiary/aromatic N) is 1. The highest BCUT2D eigenvalue weighted by molar-refractivity contribution is 6.05. The molecular weight excluding hydrogens is 542 g/mol. The van der Waals surface area contributed by atoms with Gasteiger partial charge in [-0.05, 0) is 68.6 Å². The number of amides is 1. The first-order valence-electron chi connectivity index (χ1n) is 14.5. The number of aliphatic hydroxyl groups is 1. The summed E-state index contributed by atoms with van der Waals surface area (Å²) < 4.78 is 57.9. The van der Waals surface area contributed by atoms with Crippen LogP contribution in [-0.4, -0.2) is 84.7 Å². The van der Waals surface area contributed by atoms with Gasteiger partial charge in [-0.3, -0.25) is 0 Å². The quantitative estimate of drug-likeness (QED) is 0.318. The summed E-state index contributed by atoms with van der Waals surface area (Å²) in [6.45, 7) is 6.56. The van der Waals surface area contributed by atoms with Gasteiger partial charge in [-0.2, -0.15) is 0 Å². The van der Waals surface area contributed by atoms with Crippen molar-refractivity contribution in [3.8, 4) is 0 Å². The van der Waals surface area contributed by atoms with Crippen molar-refractivity contribution < 1.29 is 47.6 Å². The first kappa shape index (κ1) is 29.0. The standard InChI is InChI=1S/C29H40F2N2O8/c1-17-10-19-20-12-22(30)21-11-18(33-41-9-5-4-8-32-24(35)36)6-7-25(21,2)28(20,31)23(34)13-26(19,3)29(17)27(39-16-40-29)14-37-15-38-27/h6-7,11,17,19-20,22-23,32,34H,4-5,8-10,12-16H2,1-3H3,(H,35,36)/b33-18+/t17-,19-,20-,22-,23-,25-,26-,27?,28-,29+/m0/s1. The fourth-order valence-corrected chi connectivity index (χ4v) is 9.40. The lowest BCUT2D eigenvalue weighted by molar-refractivity contribution is -0.278. The lowest BCUT2D eigenvalue weighted by Gasteiger charge is -2.64. The van der Waals surface area contributed by atoms with E-state index in [1.807, 2.05) is 13.8 Å². The molecule has 3 N–H and O–H groups in total. The lowest BCUT2D eigenvalue weighted by Crippen LogP contribution is -2.72. The molecule has 4 aliphatic carbocycles. The maximum absolute atomic E-state index is 17.7. The van der Waals surface area contributed by atoms with Gasteiger partial charge in [-0.1, -0.05) is 25.1 Å². The Balaban J connectivity index is 1.25. The molecule has 2 heterocycles. The van der Waals surface area contributed by atoms with Gasteiger partial charge in [-0.25, -0.2) is 13.6 Å². The molecule has 1 unspecified atom stereocenters. The Labute approximate surface area is 238 Å². The van der Waals surface area contributed by atoms with Crippen molar-refractivity contribution in [1.29, 1.82) is 0 Å². The summed E-state index contributed by atoms with van der Waals surface area (Å²) in [4.78, 5) is 15.9. The molecule has 12 heteroatoms. The Morgan fingerprint density at radius 1 is 1.20 bits per heavy atom. The summed E-state index contributed by atoms with van der Waals surface area (Å²) in [7, 11) is 0. The lowest BCUT2D eigenvalue weighted by atomic mass is 9.44. The summed E-state index contributed by atoms with van der Waals surface area (Å²) in [5.41, 5.74) is -4.59. The van der Waals surface area contributed by atoms with Crippen molar-refractivity contribution in [3.05, 3.63) is 23.8 Å². The molecule has 10 nitrogen and oxygen atoms in total. The number of carboxylic acid groups (broad SMARTS) is 1. The minimum atomic E-state index is -2.11. The van der Waals surface area contributed by atoms with Crippen LogP contribution >= 0.6 is 0 Å². The topological polar surface area (TPSA) is 128 Å². The van der Waals surface area contributed by atoms with Crippen LogP contribution in [0.1, 0.15) is 52.9 Å². The summed E-state index contributed by atoms with van der Waals surface area (Å²) >= 11 is 0. The van der Waals surface area contributed by atoms with Gasteiger partial charge in [0.2, 0.25) is 5.79 Å². The zero-order valence-electron chi connectivity index (χ0n) is 23.7. The zero-order valence-corrected chi connectivity index (χ0v) is 23.7. The van der Waals surface area contributed by atoms with Gasteiger partial charge in [0.1, 0.15) is 30.7 Å². The third kappa shape index (κ3) is 3.83. The largest absolute Gasteiger partial charge is 0.465 e. The first-order chi connectivity index (χ1) is 19.5. The summed E-state index contributed by atoms with van der Waals surface area (Å²) in [5, 5.41) is 26.7. The molecule has 6 rings (SSSR count). The minimum absolute atomic E-state index is 0.0139. The number of hydrogen-bond donors (Lipinski definition) is 3. The molecule has 228 valence electrons. The van der Waals surface area contributed by atoms with E-state index in [2.05, 4.69) is 10.5 Å². The SMILES string of the molecule is C[C@H]1C[C@H]2[C@@H]3C[C@H](F)C4=C/C(=N/OCCCCNC(=O)O)C=C[C@]4(C)[C@@]3(F)[C@@H](O)C[C@]2(C)[C@]12OCOC21COCO1. The average molecular weight is 583 g/mol. The van der Waals surface area contributed by atoms with E-state index in [0.717, 1.165) is 0 Å². The molecule has 41 heavy (non-hydrogen) atoms. The molecule has 0 aromatic carbocycles. The molecule has 1 amide bonds. The van der Waals surface area contributed by atoms with Gasteiger partial charge in [0.15, 0.2) is 19.3 Å². The van der Waals surface area contributed by atoms with E-state index in [9.17, 15) is 9.90 Å². The predicted octanol–water partition coefficient (Wildman–Crippen LogP) is 3.85. The van der Waals surface area contributed by atoms with Crippen molar-refractivity contribution in [2.75, 3.05) is 33.3 Å². The number of carbonyl (C=O) groups is 1. The Morgan fingerprint density at radius 3 is 2.71 bits per heavy atom. The number of rotatable bonds is 6. The van der Waals surface area contributed by atoms with Crippen LogP contribution in [0.25, 0.3) is 0 Å². The van der Waals surface area contributed by atoms with Gasteiger partial charge in [0.05, 0.1) is 6.10 Å². The van der Waals surface area contributed by atoms with Gasteiger partial charge in [-0.15, -0.1) is 0 Å². The van der Waals surface area contributed by atoms with Crippen LogP contribution in [0.3, 0.4) is 0 Å². The van der Waals surface area contributed by atoms with E-state index in [-0.39, 0.29) is 57.1 Å². The number of ether oxygens (including phenoxy) is 4. The molecule has 0 aromatic rings. The first-order valence-corrected chi connectivity index (χ1v) is 14.5. The third-order valence-electron chi connectivity index (χ3n) is 11.1. The van der Waals surface area contributed by atoms with Crippen molar-refractivity contribution >= 4 is 11.8 Å². The number of oxime groups is 1. The second-order valence-electron chi connectivity index (χ2n) is 12.9. The van der Waals surface area contributed by atoms with Crippen LogP contribution in [0.5, 0.6) is 0 Å². The van der Waals surface area contributed by atoms with Crippen molar-refractivity contribution in [2.45, 2.75) is 82.2 Å². The molecular formula is C29H40F2N2O8. The number of alkyl halides is 2. The summed E-state index contributed by atoms with van der Waals surface area (Å²) in [5.74, 6) is -2.30. The molecule has 10 atom stereocenters. The monoisotopic (exact) mass is 582 g/mol. The molecule has 2 saturated heterocycles. The van der Waals surface area contributed by atoms with Crippen LogP contribution in [0, 0.1) is 28.6 Å². The molecule has 5 fully saturated rings. The number of allylic oxidation sites excluding steroid dienone is 4. The maximum Gasteiger partial charge on any atom is 0.404 e. The highest BCUT2D eigenvalue weighted by atomic mass is 19.1. The average Bonchev–Trinajstić information content (AvgIpc) is 3.61. The number of nitrogens with one attached hydrogen (secondary N) is 1. The Bertz CT molecular complexity index is 1150. The van der Waals surface area contributed by atoms with Crippen molar-refractivity contribution in [3.63, 3.8) is 0 Å². The normalized spacial score (nSPS) is 49.2. The highest BCUT2D eigenvalue weighted by Crippen LogP contribution is 2.74. The Kier molecular flexibility index (Phi) is 7.05. The smallest absolute Gasteiger partial charge is 0.404 e. The minimum Gasteiger partial charge on any atom is -0.465 e. The Hall–Kier alpha value is -2.12. The van der Waals surface area contributed by atoms with Crippen LogP contribution in [0.2, 0.25) is 0 Å². The molecule has 3 saturated carbocycles. The second-order valence-corrected chi connectivity index (χ2v) is 12.9. The highest BCUT2D eigenvalue weighted by Gasteiger charge is 2.82. The Morgan fingerprint density at radius 2 is 1.98 bits per heavy atom. The zero-order chi connectivity index (χ0) is 29.3. The summed E-state index contributed by atoms with van der Waals surface area (Å²) in [6.07, 6.45) is 2.68. The van der Waals surface area contributed by atoms with Gasteiger partial charge in [0.25, 0.3) is 0 Å². The maximum atomic E-state index is 17.7. The number of halogens is 2. The molecule has 6 aliphatic rings. The van der Waals surface area contributed by atoms with E-state index in [4.69, 9.17) is 28.9 Å². The number of fused-ring (bicyclic) bond motifs is 7.